The number of sulfonamides is 1. The number of benzene rings is 2. The fourth-order valence-corrected chi connectivity index (χ4v) is 6.69. The van der Waals surface area contributed by atoms with Gasteiger partial charge in [0.15, 0.2) is 5.13 Å². The van der Waals surface area contributed by atoms with Gasteiger partial charge in [0.1, 0.15) is 11.3 Å². The number of anilines is 1. The SMILES string of the molecule is CCCN(CCC)S(=O)(=O)c1ccc(C(=O)N(CCCN(C)C)c2nc3c(OCC)cccc3s2)cc1.Cl. The van der Waals surface area contributed by atoms with Gasteiger partial charge in [-0.1, -0.05) is 31.3 Å². The molecule has 1 heterocycles. The molecule has 11 heteroatoms. The summed E-state index contributed by atoms with van der Waals surface area (Å²) >= 11 is 1.45. The van der Waals surface area contributed by atoms with Gasteiger partial charge in [0, 0.05) is 25.2 Å². The lowest BCUT2D eigenvalue weighted by Gasteiger charge is -2.22. The van der Waals surface area contributed by atoms with Gasteiger partial charge < -0.3 is 9.64 Å². The molecular weight excluding hydrogens is 544 g/mol. The standard InChI is InChI=1S/C27H38N4O4S2.ClH/c1-6-17-30(18-7-2)37(33,34)22-15-13-21(14-16-22)26(32)31(20-10-19-29(4)5)27-28-25-23(35-8-3)11-9-12-24(25)36-27;/h9,11-16H,6-8,10,17-20H2,1-5H3;1H. The Bertz CT molecular complexity index is 1270. The van der Waals surface area contributed by atoms with Crippen LogP contribution in [-0.4, -0.2) is 75.4 Å². The monoisotopic (exact) mass is 582 g/mol. The lowest BCUT2D eigenvalue weighted by Crippen LogP contribution is -2.34. The van der Waals surface area contributed by atoms with Crippen molar-refractivity contribution >= 4 is 55.0 Å². The van der Waals surface area contributed by atoms with Crippen LogP contribution in [0.4, 0.5) is 5.13 Å². The van der Waals surface area contributed by atoms with Crippen molar-refractivity contribution in [1.29, 1.82) is 0 Å². The van der Waals surface area contributed by atoms with Gasteiger partial charge in [-0.3, -0.25) is 9.69 Å². The molecule has 0 N–H and O–H groups in total. The number of para-hydroxylation sites is 1. The number of carbonyl (C=O) groups is 1. The van der Waals surface area contributed by atoms with Crippen molar-refractivity contribution in [2.24, 2.45) is 0 Å². The van der Waals surface area contributed by atoms with Crippen molar-refractivity contribution in [1.82, 2.24) is 14.2 Å². The Morgan fingerprint density at radius 1 is 0.947 bits per heavy atom. The van der Waals surface area contributed by atoms with Crippen molar-refractivity contribution in [2.45, 2.75) is 44.9 Å². The van der Waals surface area contributed by atoms with Gasteiger partial charge in [0.25, 0.3) is 5.91 Å². The summed E-state index contributed by atoms with van der Waals surface area (Å²) in [6.07, 6.45) is 2.25. The molecule has 1 aromatic heterocycles. The van der Waals surface area contributed by atoms with E-state index >= 15 is 0 Å². The molecule has 0 aliphatic heterocycles. The van der Waals surface area contributed by atoms with Gasteiger partial charge in [-0.25, -0.2) is 13.4 Å². The summed E-state index contributed by atoms with van der Waals surface area (Å²) in [5.74, 6) is 0.486. The van der Waals surface area contributed by atoms with Gasteiger partial charge in [-0.2, -0.15) is 4.31 Å². The number of nitrogens with zero attached hydrogens (tertiary/aromatic N) is 4. The molecule has 0 atom stereocenters. The Balaban J connectivity index is 0.00000507. The highest BCUT2D eigenvalue weighted by molar-refractivity contribution is 7.89. The second-order valence-corrected chi connectivity index (χ2v) is 12.0. The maximum Gasteiger partial charge on any atom is 0.260 e. The van der Waals surface area contributed by atoms with E-state index in [1.807, 2.05) is 53.1 Å². The first-order valence-electron chi connectivity index (χ1n) is 12.8. The molecule has 0 aliphatic rings. The van der Waals surface area contributed by atoms with Crippen LogP contribution in [0.2, 0.25) is 0 Å². The highest BCUT2D eigenvalue weighted by Gasteiger charge is 2.25. The fraction of sp³-hybridized carbons (Fsp3) is 0.481. The summed E-state index contributed by atoms with van der Waals surface area (Å²) < 4.78 is 34.5. The van der Waals surface area contributed by atoms with Gasteiger partial charge in [-0.15, -0.1) is 12.4 Å². The van der Waals surface area contributed by atoms with E-state index in [9.17, 15) is 13.2 Å². The number of fused-ring (bicyclic) bond motifs is 1. The van der Waals surface area contributed by atoms with Gasteiger partial charge in [-0.05, 0) is 83.2 Å². The molecule has 0 spiro atoms. The van der Waals surface area contributed by atoms with Gasteiger partial charge in [0.05, 0.1) is 16.2 Å². The smallest absolute Gasteiger partial charge is 0.260 e. The Morgan fingerprint density at radius 2 is 1.61 bits per heavy atom. The van der Waals surface area contributed by atoms with Crippen LogP contribution < -0.4 is 9.64 Å². The largest absolute Gasteiger partial charge is 0.492 e. The average molecular weight is 583 g/mol. The number of ether oxygens (including phenoxy) is 1. The summed E-state index contributed by atoms with van der Waals surface area (Å²) in [6, 6.07) is 12.0. The number of carbonyl (C=O) groups excluding carboxylic acids is 1. The maximum atomic E-state index is 13.7. The molecule has 0 aliphatic carbocycles. The first-order chi connectivity index (χ1) is 17.7. The number of amides is 1. The molecular formula is C27H39ClN4O4S2. The quantitative estimate of drug-likeness (QED) is 0.249. The van der Waals surface area contributed by atoms with Crippen molar-refractivity contribution in [2.75, 3.05) is 51.8 Å². The maximum absolute atomic E-state index is 13.7. The van der Waals surface area contributed by atoms with Gasteiger partial charge in [0.2, 0.25) is 10.0 Å². The Hall–Kier alpha value is -2.24. The molecule has 0 bridgehead atoms. The molecule has 8 nitrogen and oxygen atoms in total. The zero-order chi connectivity index (χ0) is 27.0. The van der Waals surface area contributed by atoms with Crippen molar-refractivity contribution in [3.05, 3.63) is 48.0 Å². The predicted octanol–water partition coefficient (Wildman–Crippen LogP) is 5.53. The molecule has 0 radical (unpaired) electrons. The van der Waals surface area contributed by atoms with Crippen LogP contribution in [-0.2, 0) is 10.0 Å². The summed E-state index contributed by atoms with van der Waals surface area (Å²) in [7, 11) is 0.383. The van der Waals surface area contributed by atoms with Crippen molar-refractivity contribution in [3.8, 4) is 5.75 Å². The molecule has 0 saturated carbocycles. The van der Waals surface area contributed by atoms with E-state index in [1.54, 1.807) is 17.0 Å². The van der Waals surface area contributed by atoms with E-state index < -0.39 is 10.0 Å². The highest BCUT2D eigenvalue weighted by atomic mass is 35.5. The normalized spacial score (nSPS) is 11.7. The number of hydrogen-bond acceptors (Lipinski definition) is 7. The van der Waals surface area contributed by atoms with Crippen LogP contribution in [0.5, 0.6) is 5.75 Å². The summed E-state index contributed by atoms with van der Waals surface area (Å²) in [6.45, 7) is 8.63. The molecule has 0 fully saturated rings. The Kier molecular flexibility index (Phi) is 12.4. The highest BCUT2D eigenvalue weighted by Crippen LogP contribution is 2.35. The molecule has 38 heavy (non-hydrogen) atoms. The molecule has 1 amide bonds. The molecule has 0 unspecified atom stereocenters. The van der Waals surface area contributed by atoms with E-state index in [2.05, 4.69) is 4.90 Å². The topological polar surface area (TPSA) is 83.1 Å². The zero-order valence-corrected chi connectivity index (χ0v) is 25.3. The molecule has 2 aromatic carbocycles. The number of aromatic nitrogens is 1. The Morgan fingerprint density at radius 3 is 2.18 bits per heavy atom. The van der Waals surface area contributed by atoms with E-state index in [0.29, 0.717) is 42.7 Å². The second-order valence-electron chi connectivity index (χ2n) is 9.07. The second kappa shape index (κ2) is 14.8. The van der Waals surface area contributed by atoms with Crippen LogP contribution >= 0.6 is 23.7 Å². The third-order valence-electron chi connectivity index (χ3n) is 5.82. The van der Waals surface area contributed by atoms with Crippen LogP contribution in [0.25, 0.3) is 10.2 Å². The lowest BCUT2D eigenvalue weighted by atomic mass is 10.2. The van der Waals surface area contributed by atoms with Crippen LogP contribution in [0, 0.1) is 0 Å². The van der Waals surface area contributed by atoms with Crippen LogP contribution in [0.1, 0.15) is 50.4 Å². The molecule has 210 valence electrons. The first kappa shape index (κ1) is 32.0. The minimum absolute atomic E-state index is 0. The lowest BCUT2D eigenvalue weighted by molar-refractivity contribution is 0.0986. The third kappa shape index (κ3) is 7.66. The number of halogens is 1. The minimum atomic E-state index is -3.61. The van der Waals surface area contributed by atoms with E-state index in [1.165, 1.54) is 27.8 Å². The van der Waals surface area contributed by atoms with E-state index in [-0.39, 0.29) is 23.2 Å². The van der Waals surface area contributed by atoms with E-state index in [4.69, 9.17) is 9.72 Å². The Labute approximate surface area is 237 Å². The molecule has 3 rings (SSSR count). The minimum Gasteiger partial charge on any atom is -0.492 e. The van der Waals surface area contributed by atoms with Gasteiger partial charge >= 0.3 is 0 Å². The molecule has 0 saturated heterocycles. The third-order valence-corrected chi connectivity index (χ3v) is 8.78. The number of rotatable bonds is 14. The van der Waals surface area contributed by atoms with Crippen LogP contribution in [0.15, 0.2) is 47.4 Å². The average Bonchev–Trinajstić information content (AvgIpc) is 3.31. The van der Waals surface area contributed by atoms with Crippen LogP contribution in [0.3, 0.4) is 0 Å². The molecule has 3 aromatic rings. The number of hydrogen-bond donors (Lipinski definition) is 0. The zero-order valence-electron chi connectivity index (χ0n) is 22.8. The number of thiazole rings is 1. The summed E-state index contributed by atoms with van der Waals surface area (Å²) in [5.41, 5.74) is 1.16. The van der Waals surface area contributed by atoms with Crippen molar-refractivity contribution in [3.63, 3.8) is 0 Å². The first-order valence-corrected chi connectivity index (χ1v) is 15.1. The van der Waals surface area contributed by atoms with Crippen molar-refractivity contribution < 1.29 is 17.9 Å². The summed E-state index contributed by atoms with van der Waals surface area (Å²) in [5, 5.41) is 0.597. The van der Waals surface area contributed by atoms with E-state index in [0.717, 1.165) is 36.0 Å². The predicted molar refractivity (Wildman–Crippen MR) is 159 cm³/mol. The fourth-order valence-electron chi connectivity index (χ4n) is 4.05. The summed E-state index contributed by atoms with van der Waals surface area (Å²) in [4.78, 5) is 22.4.